The molecule has 0 saturated heterocycles. The van der Waals surface area contributed by atoms with Gasteiger partial charge in [0.25, 0.3) is 5.91 Å². The first-order valence-electron chi connectivity index (χ1n) is 7.98. The summed E-state index contributed by atoms with van der Waals surface area (Å²) >= 11 is 0. The maximum atomic E-state index is 12.3. The van der Waals surface area contributed by atoms with Crippen molar-refractivity contribution in [2.24, 2.45) is 11.8 Å². The van der Waals surface area contributed by atoms with Crippen molar-refractivity contribution in [3.63, 3.8) is 0 Å². The van der Waals surface area contributed by atoms with E-state index < -0.39 is 0 Å². The predicted octanol–water partition coefficient (Wildman–Crippen LogP) is 2.85. The number of carbonyl (C=O) groups is 1. The highest BCUT2D eigenvalue weighted by Gasteiger charge is 2.28. The highest BCUT2D eigenvalue weighted by atomic mass is 16.2. The Morgan fingerprint density at radius 3 is 2.90 bits per heavy atom. The fraction of sp³-hybridized carbons (Fsp3) is 0.688. The molecule has 1 amide bonds. The molecule has 3 atom stereocenters. The molecule has 2 N–H and O–H groups in total. The number of aromatic nitrogens is 2. The number of carbonyl (C=O) groups excluding carboxylic acids is 1. The molecule has 1 aliphatic carbocycles. The average molecular weight is 290 g/mol. The number of anilines is 1. The lowest BCUT2D eigenvalue weighted by Gasteiger charge is -2.34. The van der Waals surface area contributed by atoms with Crippen LogP contribution in [0, 0.1) is 11.8 Å². The van der Waals surface area contributed by atoms with Gasteiger partial charge in [-0.3, -0.25) is 9.78 Å². The van der Waals surface area contributed by atoms with Gasteiger partial charge < -0.3 is 10.6 Å². The van der Waals surface area contributed by atoms with Gasteiger partial charge in [-0.2, -0.15) is 0 Å². The SMILES string of the molecule is CCCNc1cncc(C(=O)NC2CCCC(C)C2C)n1. The molecule has 0 spiro atoms. The zero-order valence-corrected chi connectivity index (χ0v) is 13.2. The number of nitrogens with one attached hydrogen (secondary N) is 2. The van der Waals surface area contributed by atoms with Gasteiger partial charge in [-0.15, -0.1) is 0 Å². The molecule has 3 unspecified atom stereocenters. The monoisotopic (exact) mass is 290 g/mol. The second kappa shape index (κ2) is 7.38. The lowest BCUT2D eigenvalue weighted by Crippen LogP contribution is -2.44. The van der Waals surface area contributed by atoms with Gasteiger partial charge >= 0.3 is 0 Å². The van der Waals surface area contributed by atoms with Crippen LogP contribution in [0.4, 0.5) is 5.82 Å². The summed E-state index contributed by atoms with van der Waals surface area (Å²) in [5.74, 6) is 1.72. The van der Waals surface area contributed by atoms with E-state index in [9.17, 15) is 4.79 Å². The summed E-state index contributed by atoms with van der Waals surface area (Å²) < 4.78 is 0. The molecule has 1 saturated carbocycles. The minimum absolute atomic E-state index is 0.117. The predicted molar refractivity (Wildman–Crippen MR) is 84.2 cm³/mol. The summed E-state index contributed by atoms with van der Waals surface area (Å²) in [6.45, 7) is 7.40. The molecule has 1 fully saturated rings. The van der Waals surface area contributed by atoms with Crippen molar-refractivity contribution >= 4 is 11.7 Å². The fourth-order valence-electron chi connectivity index (χ4n) is 2.84. The van der Waals surface area contributed by atoms with Crippen molar-refractivity contribution in [2.45, 2.75) is 52.5 Å². The van der Waals surface area contributed by atoms with Gasteiger partial charge in [0.2, 0.25) is 0 Å². The fourth-order valence-corrected chi connectivity index (χ4v) is 2.84. The highest BCUT2D eigenvalue weighted by molar-refractivity contribution is 5.92. The number of hydrogen-bond donors (Lipinski definition) is 2. The van der Waals surface area contributed by atoms with Gasteiger partial charge in [0, 0.05) is 12.6 Å². The van der Waals surface area contributed by atoms with E-state index in [1.165, 1.54) is 19.0 Å². The Labute approximate surface area is 127 Å². The summed E-state index contributed by atoms with van der Waals surface area (Å²) in [7, 11) is 0. The Morgan fingerprint density at radius 2 is 2.14 bits per heavy atom. The minimum atomic E-state index is -0.117. The van der Waals surface area contributed by atoms with Crippen LogP contribution in [0.2, 0.25) is 0 Å². The van der Waals surface area contributed by atoms with E-state index in [0.29, 0.717) is 23.3 Å². The normalized spacial score (nSPS) is 25.4. The highest BCUT2D eigenvalue weighted by Crippen LogP contribution is 2.29. The largest absolute Gasteiger partial charge is 0.369 e. The quantitative estimate of drug-likeness (QED) is 0.875. The van der Waals surface area contributed by atoms with Gasteiger partial charge in [0.15, 0.2) is 0 Å². The third-order valence-electron chi connectivity index (χ3n) is 4.45. The van der Waals surface area contributed by atoms with E-state index in [4.69, 9.17) is 0 Å². The van der Waals surface area contributed by atoms with Crippen molar-refractivity contribution in [3.05, 3.63) is 18.1 Å². The maximum absolute atomic E-state index is 12.3. The summed E-state index contributed by atoms with van der Waals surface area (Å²) in [6.07, 6.45) is 7.68. The van der Waals surface area contributed by atoms with E-state index in [1.54, 1.807) is 6.20 Å². The summed E-state index contributed by atoms with van der Waals surface area (Å²) in [4.78, 5) is 20.8. The first-order valence-corrected chi connectivity index (χ1v) is 7.98. The Balaban J connectivity index is 1.99. The smallest absolute Gasteiger partial charge is 0.271 e. The number of nitrogens with zero attached hydrogens (tertiary/aromatic N) is 2. The Kier molecular flexibility index (Phi) is 5.53. The van der Waals surface area contributed by atoms with Crippen LogP contribution in [0.25, 0.3) is 0 Å². The third-order valence-corrected chi connectivity index (χ3v) is 4.45. The molecule has 0 aromatic carbocycles. The van der Waals surface area contributed by atoms with E-state index in [2.05, 4.69) is 41.4 Å². The standard InChI is InChI=1S/C16H26N4O/c1-4-8-18-15-10-17-9-14(19-15)16(21)20-13-7-5-6-11(2)12(13)3/h9-13H,4-8H2,1-3H3,(H,18,19)(H,20,21). The van der Waals surface area contributed by atoms with Crippen LogP contribution in [0.3, 0.4) is 0 Å². The molecular weight excluding hydrogens is 264 g/mol. The van der Waals surface area contributed by atoms with E-state index in [0.717, 1.165) is 19.4 Å². The second-order valence-corrected chi connectivity index (χ2v) is 6.06. The van der Waals surface area contributed by atoms with Gasteiger partial charge in [-0.25, -0.2) is 4.98 Å². The van der Waals surface area contributed by atoms with E-state index in [-0.39, 0.29) is 11.9 Å². The molecule has 0 radical (unpaired) electrons. The lowest BCUT2D eigenvalue weighted by atomic mass is 9.78. The topological polar surface area (TPSA) is 66.9 Å². The summed E-state index contributed by atoms with van der Waals surface area (Å²) in [6, 6.07) is 0.246. The minimum Gasteiger partial charge on any atom is -0.369 e. The third kappa shape index (κ3) is 4.16. The molecule has 1 aromatic rings. The molecule has 1 aromatic heterocycles. The van der Waals surface area contributed by atoms with Crippen molar-refractivity contribution in [1.29, 1.82) is 0 Å². The van der Waals surface area contributed by atoms with Gasteiger partial charge in [-0.05, 0) is 24.7 Å². The molecule has 0 bridgehead atoms. The zero-order valence-electron chi connectivity index (χ0n) is 13.2. The van der Waals surface area contributed by atoms with Crippen molar-refractivity contribution in [2.75, 3.05) is 11.9 Å². The van der Waals surface area contributed by atoms with Crippen LogP contribution < -0.4 is 10.6 Å². The van der Waals surface area contributed by atoms with Crippen LogP contribution in [-0.4, -0.2) is 28.5 Å². The number of amides is 1. The summed E-state index contributed by atoms with van der Waals surface area (Å²) in [5.41, 5.74) is 0.390. The van der Waals surface area contributed by atoms with Gasteiger partial charge in [0.05, 0.1) is 12.4 Å². The van der Waals surface area contributed by atoms with Crippen LogP contribution in [0.5, 0.6) is 0 Å². The number of rotatable bonds is 5. The maximum Gasteiger partial charge on any atom is 0.271 e. The van der Waals surface area contributed by atoms with Crippen LogP contribution in [0.15, 0.2) is 12.4 Å². The first-order chi connectivity index (χ1) is 10.1. The molecule has 2 rings (SSSR count). The second-order valence-electron chi connectivity index (χ2n) is 6.06. The lowest BCUT2D eigenvalue weighted by molar-refractivity contribution is 0.0885. The molecule has 5 nitrogen and oxygen atoms in total. The molecule has 116 valence electrons. The molecule has 0 aliphatic heterocycles. The van der Waals surface area contributed by atoms with E-state index >= 15 is 0 Å². The van der Waals surface area contributed by atoms with Gasteiger partial charge in [-0.1, -0.05) is 33.6 Å². The molecule has 21 heavy (non-hydrogen) atoms. The van der Waals surface area contributed by atoms with Crippen LogP contribution in [0.1, 0.15) is 56.9 Å². The van der Waals surface area contributed by atoms with Crippen LogP contribution >= 0.6 is 0 Å². The van der Waals surface area contributed by atoms with Gasteiger partial charge in [0.1, 0.15) is 11.5 Å². The zero-order chi connectivity index (χ0) is 15.2. The van der Waals surface area contributed by atoms with Crippen molar-refractivity contribution < 1.29 is 4.79 Å². The van der Waals surface area contributed by atoms with Crippen molar-refractivity contribution in [3.8, 4) is 0 Å². The van der Waals surface area contributed by atoms with Crippen molar-refractivity contribution in [1.82, 2.24) is 15.3 Å². The Bertz CT molecular complexity index is 477. The Morgan fingerprint density at radius 1 is 1.33 bits per heavy atom. The Hall–Kier alpha value is -1.65. The van der Waals surface area contributed by atoms with E-state index in [1.807, 2.05) is 0 Å². The average Bonchev–Trinajstić information content (AvgIpc) is 2.50. The molecule has 1 aliphatic rings. The molecule has 1 heterocycles. The number of hydrogen-bond acceptors (Lipinski definition) is 4. The summed E-state index contributed by atoms with van der Waals surface area (Å²) in [5, 5.41) is 6.28. The van der Waals surface area contributed by atoms with Crippen LogP contribution in [-0.2, 0) is 0 Å². The molecular formula is C16H26N4O. The first kappa shape index (κ1) is 15.7. The molecule has 5 heteroatoms.